The molecule has 0 bridgehead atoms. The Morgan fingerprint density at radius 1 is 0.234 bits per heavy atom. The number of benzene rings is 8. The summed E-state index contributed by atoms with van der Waals surface area (Å²) in [6.45, 7) is 0. The first-order valence-corrected chi connectivity index (χ1v) is 21.5. The van der Waals surface area contributed by atoms with Crippen molar-refractivity contribution in [1.29, 1.82) is 0 Å². The van der Waals surface area contributed by atoms with E-state index in [9.17, 15) is 0 Å². The lowest BCUT2D eigenvalue weighted by molar-refractivity contribution is 0.669. The number of hydrogen-bond acceptors (Lipinski definition) is 6. The third-order valence-corrected chi connectivity index (χ3v) is 12.9. The highest BCUT2D eigenvalue weighted by Crippen LogP contribution is 2.40. The SMILES string of the molecule is c1ccc2c(c1)oc1c(-c3ccc4ccc5ccc(-c6ccc(-c7ccc8ccc9ccc(-c%10cccc%11c%10oc%10ccccc%10%11)nc9c8n7)c7ccccc67)nc5c4n3)cccc12. The summed E-state index contributed by atoms with van der Waals surface area (Å²) < 4.78 is 12.8. The molecule has 0 N–H and O–H groups in total. The Bertz CT molecular complexity index is 4000. The summed E-state index contributed by atoms with van der Waals surface area (Å²) in [6, 6.07) is 67.2. The molecule has 0 unspecified atom stereocenters. The quantitative estimate of drug-likeness (QED) is 0.165. The van der Waals surface area contributed by atoms with Crippen LogP contribution < -0.4 is 0 Å². The molecule has 14 rings (SSSR count). The van der Waals surface area contributed by atoms with Gasteiger partial charge in [0.15, 0.2) is 0 Å². The van der Waals surface area contributed by atoms with Crippen LogP contribution in [0.15, 0.2) is 203 Å². The van der Waals surface area contributed by atoms with E-state index in [4.69, 9.17) is 28.8 Å². The molecule has 0 amide bonds. The third kappa shape index (κ3) is 5.20. The second-order valence-corrected chi connectivity index (χ2v) is 16.5. The number of aromatic nitrogens is 4. The third-order valence-electron chi connectivity index (χ3n) is 12.9. The van der Waals surface area contributed by atoms with Gasteiger partial charge >= 0.3 is 0 Å². The first kappa shape index (κ1) is 34.9. The van der Waals surface area contributed by atoms with E-state index in [0.717, 1.165) is 143 Å². The Morgan fingerprint density at radius 3 is 0.938 bits per heavy atom. The van der Waals surface area contributed by atoms with Gasteiger partial charge in [0.1, 0.15) is 22.3 Å². The van der Waals surface area contributed by atoms with Crippen LogP contribution in [0.25, 0.3) is 143 Å². The molecule has 296 valence electrons. The van der Waals surface area contributed by atoms with Gasteiger partial charge < -0.3 is 8.83 Å². The van der Waals surface area contributed by atoms with Gasteiger partial charge in [0.2, 0.25) is 0 Å². The molecule has 0 aliphatic rings. The van der Waals surface area contributed by atoms with Crippen molar-refractivity contribution in [3.8, 4) is 45.0 Å². The zero-order valence-corrected chi connectivity index (χ0v) is 34.1. The van der Waals surface area contributed by atoms with Crippen LogP contribution in [-0.4, -0.2) is 19.9 Å². The van der Waals surface area contributed by atoms with Crippen LogP contribution in [0.1, 0.15) is 0 Å². The molecule has 6 heteroatoms. The van der Waals surface area contributed by atoms with Gasteiger partial charge in [-0.25, -0.2) is 19.9 Å². The Morgan fingerprint density at radius 2 is 0.547 bits per heavy atom. The predicted molar refractivity (Wildman–Crippen MR) is 261 cm³/mol. The van der Waals surface area contributed by atoms with Crippen LogP contribution in [0.3, 0.4) is 0 Å². The summed E-state index contributed by atoms with van der Waals surface area (Å²) in [5, 5.41) is 10.7. The molecule has 6 heterocycles. The smallest absolute Gasteiger partial charge is 0.144 e. The minimum Gasteiger partial charge on any atom is -0.455 e. The fourth-order valence-corrected chi connectivity index (χ4v) is 9.78. The van der Waals surface area contributed by atoms with Crippen LogP contribution in [-0.2, 0) is 0 Å². The molecule has 0 saturated carbocycles. The van der Waals surface area contributed by atoms with Crippen molar-refractivity contribution in [2.24, 2.45) is 0 Å². The lowest BCUT2D eigenvalue weighted by Crippen LogP contribution is -1.94. The normalized spacial score (nSPS) is 12.1. The second kappa shape index (κ2) is 13.4. The summed E-state index contributed by atoms with van der Waals surface area (Å²) in [5.74, 6) is 0. The fraction of sp³-hybridized carbons (Fsp3) is 0. The maximum Gasteiger partial charge on any atom is 0.144 e. The lowest BCUT2D eigenvalue weighted by atomic mass is 9.95. The fourth-order valence-electron chi connectivity index (χ4n) is 9.78. The van der Waals surface area contributed by atoms with E-state index in [0.29, 0.717) is 0 Å². The van der Waals surface area contributed by atoms with Crippen molar-refractivity contribution in [3.05, 3.63) is 194 Å². The maximum absolute atomic E-state index is 6.41. The van der Waals surface area contributed by atoms with E-state index < -0.39 is 0 Å². The molecule has 6 aromatic heterocycles. The highest BCUT2D eigenvalue weighted by molar-refractivity contribution is 6.13. The van der Waals surface area contributed by atoms with Crippen LogP contribution >= 0.6 is 0 Å². The summed E-state index contributed by atoms with van der Waals surface area (Å²) in [4.78, 5) is 21.4. The Hall–Kier alpha value is -8.74. The minimum absolute atomic E-state index is 0.836. The number of pyridine rings is 4. The largest absolute Gasteiger partial charge is 0.455 e. The summed E-state index contributed by atoms with van der Waals surface area (Å²) in [7, 11) is 0. The summed E-state index contributed by atoms with van der Waals surface area (Å²) in [5.41, 5.74) is 14.3. The zero-order valence-electron chi connectivity index (χ0n) is 34.1. The van der Waals surface area contributed by atoms with Crippen LogP contribution in [0.4, 0.5) is 0 Å². The molecule has 0 saturated heterocycles. The Kier molecular flexibility index (Phi) is 7.30. The standard InChI is InChI=1S/C58H32N4O2/c1-2-10-38-37(9-1)39(47-29-23-33-19-21-35-25-31-49(61-55(35)53(33)59-47)45-15-7-13-43-41-11-3-5-17-51(41)63-57(43)45)27-28-40(38)48-30-24-34-20-22-36-26-32-50(62-56(36)54(34)60-48)46-16-8-14-44-42-12-4-6-18-52(42)64-58(44)46/h1-32H. The lowest BCUT2D eigenvalue weighted by Gasteiger charge is -2.13. The molecule has 14 aromatic rings. The van der Waals surface area contributed by atoms with Crippen molar-refractivity contribution < 1.29 is 8.83 Å². The van der Waals surface area contributed by atoms with E-state index >= 15 is 0 Å². The van der Waals surface area contributed by atoms with Gasteiger partial charge in [0.05, 0.1) is 44.8 Å². The first-order valence-electron chi connectivity index (χ1n) is 21.5. The molecule has 0 aliphatic heterocycles. The molecular formula is C58H32N4O2. The topological polar surface area (TPSA) is 77.8 Å². The van der Waals surface area contributed by atoms with Gasteiger partial charge in [0, 0.05) is 65.3 Å². The maximum atomic E-state index is 6.41. The average Bonchev–Trinajstić information content (AvgIpc) is 3.94. The highest BCUT2D eigenvalue weighted by atomic mass is 16.3. The minimum atomic E-state index is 0.836. The van der Waals surface area contributed by atoms with Crippen molar-refractivity contribution >= 4 is 98.3 Å². The van der Waals surface area contributed by atoms with Gasteiger partial charge in [-0.3, -0.25) is 0 Å². The summed E-state index contributed by atoms with van der Waals surface area (Å²) in [6.07, 6.45) is 0. The van der Waals surface area contributed by atoms with Crippen molar-refractivity contribution in [2.45, 2.75) is 0 Å². The molecule has 0 radical (unpaired) electrons. The zero-order chi connectivity index (χ0) is 41.9. The first-order chi connectivity index (χ1) is 31.7. The molecule has 0 atom stereocenters. The van der Waals surface area contributed by atoms with Crippen LogP contribution in [0.5, 0.6) is 0 Å². The van der Waals surface area contributed by atoms with Gasteiger partial charge in [-0.15, -0.1) is 0 Å². The molecule has 8 aromatic carbocycles. The average molecular weight is 817 g/mol. The summed E-state index contributed by atoms with van der Waals surface area (Å²) >= 11 is 0. The number of furan rings is 2. The molecule has 0 fully saturated rings. The van der Waals surface area contributed by atoms with Crippen molar-refractivity contribution in [3.63, 3.8) is 0 Å². The van der Waals surface area contributed by atoms with Crippen LogP contribution in [0.2, 0.25) is 0 Å². The van der Waals surface area contributed by atoms with Gasteiger partial charge in [-0.05, 0) is 59.3 Å². The number of para-hydroxylation sites is 4. The molecule has 0 aliphatic carbocycles. The molecule has 6 nitrogen and oxygen atoms in total. The molecule has 0 spiro atoms. The Balaban J connectivity index is 0.892. The predicted octanol–water partition coefficient (Wildman–Crippen LogP) is 15.5. The number of fused-ring (bicyclic) bond motifs is 13. The van der Waals surface area contributed by atoms with E-state index in [2.05, 4.69) is 158 Å². The number of nitrogens with zero attached hydrogens (tertiary/aromatic N) is 4. The Labute approximate surface area is 364 Å². The second-order valence-electron chi connectivity index (χ2n) is 16.5. The number of hydrogen-bond donors (Lipinski definition) is 0. The van der Waals surface area contributed by atoms with E-state index in [1.165, 1.54) is 0 Å². The van der Waals surface area contributed by atoms with Crippen molar-refractivity contribution in [2.75, 3.05) is 0 Å². The number of rotatable bonds is 4. The van der Waals surface area contributed by atoms with Crippen LogP contribution in [0, 0.1) is 0 Å². The van der Waals surface area contributed by atoms with Crippen molar-refractivity contribution in [1.82, 2.24) is 19.9 Å². The highest BCUT2D eigenvalue weighted by Gasteiger charge is 2.18. The van der Waals surface area contributed by atoms with E-state index in [-0.39, 0.29) is 0 Å². The molecule has 64 heavy (non-hydrogen) atoms. The molecular weight excluding hydrogens is 785 g/mol. The van der Waals surface area contributed by atoms with E-state index in [1.807, 2.05) is 36.4 Å². The van der Waals surface area contributed by atoms with E-state index in [1.54, 1.807) is 0 Å². The van der Waals surface area contributed by atoms with Gasteiger partial charge in [0.25, 0.3) is 0 Å². The van der Waals surface area contributed by atoms with Gasteiger partial charge in [-0.1, -0.05) is 146 Å². The van der Waals surface area contributed by atoms with Gasteiger partial charge in [-0.2, -0.15) is 0 Å². The monoisotopic (exact) mass is 816 g/mol.